The molecule has 0 saturated carbocycles. The molecule has 2 aromatic carbocycles. The van der Waals surface area contributed by atoms with E-state index in [1.165, 1.54) is 0 Å². The van der Waals surface area contributed by atoms with Crippen molar-refractivity contribution in [2.75, 3.05) is 27.0 Å². The lowest BCUT2D eigenvalue weighted by Gasteiger charge is -2.17. The maximum absolute atomic E-state index is 12.6. The van der Waals surface area contributed by atoms with Gasteiger partial charge in [-0.05, 0) is 18.3 Å². The zero-order valence-corrected chi connectivity index (χ0v) is 14.1. The number of aliphatic imine (C=N–C) groups is 1. The molecular weight excluding hydrogens is 320 g/mol. The van der Waals surface area contributed by atoms with Crippen molar-refractivity contribution in [2.24, 2.45) is 4.99 Å². The Kier molecular flexibility index (Phi) is 5.30. The van der Waals surface area contributed by atoms with E-state index in [-0.39, 0.29) is 12.6 Å². The Bertz CT molecular complexity index is 756. The van der Waals surface area contributed by atoms with Gasteiger partial charge in [-0.15, -0.1) is 0 Å². The van der Waals surface area contributed by atoms with Crippen LogP contribution in [-0.4, -0.2) is 44.5 Å². The topological polar surface area (TPSA) is 60.4 Å². The van der Waals surface area contributed by atoms with E-state index in [9.17, 15) is 4.79 Å². The Balaban J connectivity index is 1.86. The van der Waals surface area contributed by atoms with Crippen molar-refractivity contribution in [1.29, 1.82) is 0 Å². The zero-order chi connectivity index (χ0) is 17.6. The molecule has 0 spiro atoms. The molecule has 0 atom stereocenters. The summed E-state index contributed by atoms with van der Waals surface area (Å²) < 4.78 is 16.5. The minimum Gasteiger partial charge on any atom is -0.493 e. The lowest BCUT2D eigenvalue weighted by Crippen LogP contribution is -2.28. The third kappa shape index (κ3) is 3.80. The average molecular weight is 340 g/mol. The number of amides is 1. The summed E-state index contributed by atoms with van der Waals surface area (Å²) in [5.41, 5.74) is 1.91. The first-order chi connectivity index (χ1) is 12.2. The summed E-state index contributed by atoms with van der Waals surface area (Å²) in [6.07, 6.45) is 0. The summed E-state index contributed by atoms with van der Waals surface area (Å²) >= 11 is 0. The monoisotopic (exact) mass is 340 g/mol. The number of carbonyl (C=O) groups is 1. The molecule has 0 unspecified atom stereocenters. The van der Waals surface area contributed by atoms with Crippen LogP contribution in [0.3, 0.4) is 0 Å². The van der Waals surface area contributed by atoms with E-state index in [0.717, 1.165) is 5.56 Å². The van der Waals surface area contributed by atoms with Crippen LogP contribution < -0.4 is 9.47 Å². The van der Waals surface area contributed by atoms with Gasteiger partial charge in [0.2, 0.25) is 0 Å². The number of hydrogen-bond acceptors (Lipinski definition) is 5. The van der Waals surface area contributed by atoms with E-state index >= 15 is 0 Å². The normalized spacial score (nSPS) is 13.6. The second-order valence-electron chi connectivity index (χ2n) is 5.56. The van der Waals surface area contributed by atoms with Gasteiger partial charge in [-0.25, -0.2) is 0 Å². The van der Waals surface area contributed by atoms with Crippen LogP contribution in [0.1, 0.15) is 15.9 Å². The molecule has 3 rings (SSSR count). The molecule has 1 aliphatic heterocycles. The van der Waals surface area contributed by atoms with Gasteiger partial charge in [0, 0.05) is 12.6 Å². The predicted octanol–water partition coefficient (Wildman–Crippen LogP) is 3.04. The highest BCUT2D eigenvalue weighted by Crippen LogP contribution is 2.36. The first-order valence-electron chi connectivity index (χ1n) is 7.95. The van der Waals surface area contributed by atoms with E-state index in [2.05, 4.69) is 11.7 Å². The van der Waals surface area contributed by atoms with Crippen LogP contribution in [0.25, 0.3) is 0 Å². The van der Waals surface area contributed by atoms with Crippen LogP contribution >= 0.6 is 0 Å². The first kappa shape index (κ1) is 17.0. The minimum atomic E-state index is -0.159. The van der Waals surface area contributed by atoms with Gasteiger partial charge in [-0.3, -0.25) is 9.79 Å². The second-order valence-corrected chi connectivity index (χ2v) is 5.56. The van der Waals surface area contributed by atoms with Gasteiger partial charge in [0.15, 0.2) is 11.5 Å². The summed E-state index contributed by atoms with van der Waals surface area (Å²) in [5.74, 6) is 0.836. The summed E-state index contributed by atoms with van der Waals surface area (Å²) in [6.45, 7) is 5.34. The number of carbonyl (C=O) groups excluding carboxylic acids is 1. The summed E-state index contributed by atoms with van der Waals surface area (Å²) in [6, 6.07) is 13.1. The molecule has 1 saturated heterocycles. The summed E-state index contributed by atoms with van der Waals surface area (Å²) in [5, 5.41) is 0. The fourth-order valence-corrected chi connectivity index (χ4v) is 2.60. The van der Waals surface area contributed by atoms with Gasteiger partial charge < -0.3 is 19.1 Å². The Morgan fingerprint density at radius 1 is 1.28 bits per heavy atom. The van der Waals surface area contributed by atoms with E-state index in [1.54, 1.807) is 24.1 Å². The molecule has 1 fully saturated rings. The lowest BCUT2D eigenvalue weighted by molar-refractivity contribution is 0.0695. The van der Waals surface area contributed by atoms with Crippen molar-refractivity contribution < 1.29 is 19.0 Å². The van der Waals surface area contributed by atoms with Crippen LogP contribution in [0.2, 0.25) is 0 Å². The highest BCUT2D eigenvalue weighted by molar-refractivity contribution is 6.00. The highest BCUT2D eigenvalue weighted by Gasteiger charge is 2.24. The maximum atomic E-state index is 12.6. The van der Waals surface area contributed by atoms with Crippen LogP contribution in [-0.2, 0) is 11.3 Å². The third-order valence-corrected chi connectivity index (χ3v) is 3.96. The Morgan fingerprint density at radius 3 is 2.72 bits per heavy atom. The standard InChI is InChI=1S/C19H20N2O4/c1-20-16-11-18(25-12-14-6-4-3-5-7-14)17(23-2)10-15(16)19(22)21-8-9-24-13-21/h3-7,10-11H,1,8-9,12-13H2,2H3. The van der Waals surface area contributed by atoms with Gasteiger partial charge in [-0.1, -0.05) is 30.3 Å². The molecule has 0 bridgehead atoms. The zero-order valence-electron chi connectivity index (χ0n) is 14.1. The molecule has 0 aliphatic carbocycles. The van der Waals surface area contributed by atoms with Gasteiger partial charge >= 0.3 is 0 Å². The van der Waals surface area contributed by atoms with E-state index in [4.69, 9.17) is 14.2 Å². The van der Waals surface area contributed by atoms with Crippen LogP contribution in [0, 0.1) is 0 Å². The minimum absolute atomic E-state index is 0.159. The summed E-state index contributed by atoms with van der Waals surface area (Å²) in [7, 11) is 1.54. The van der Waals surface area contributed by atoms with Crippen molar-refractivity contribution in [3.8, 4) is 11.5 Å². The van der Waals surface area contributed by atoms with Crippen molar-refractivity contribution in [3.05, 3.63) is 53.6 Å². The lowest BCUT2D eigenvalue weighted by atomic mass is 10.1. The van der Waals surface area contributed by atoms with Crippen molar-refractivity contribution in [1.82, 2.24) is 4.90 Å². The quantitative estimate of drug-likeness (QED) is 0.759. The molecule has 6 nitrogen and oxygen atoms in total. The Hall–Kier alpha value is -2.86. The number of ether oxygens (including phenoxy) is 3. The second kappa shape index (κ2) is 7.81. The smallest absolute Gasteiger partial charge is 0.258 e. The van der Waals surface area contributed by atoms with Gasteiger partial charge in [0.25, 0.3) is 5.91 Å². The molecule has 0 N–H and O–H groups in total. The largest absolute Gasteiger partial charge is 0.493 e. The van der Waals surface area contributed by atoms with Crippen molar-refractivity contribution in [3.63, 3.8) is 0 Å². The molecule has 6 heteroatoms. The van der Waals surface area contributed by atoms with Gasteiger partial charge in [-0.2, -0.15) is 0 Å². The predicted molar refractivity (Wildman–Crippen MR) is 94.8 cm³/mol. The van der Waals surface area contributed by atoms with Gasteiger partial charge in [0.1, 0.15) is 13.3 Å². The number of nitrogens with zero attached hydrogens (tertiary/aromatic N) is 2. The number of hydrogen-bond donors (Lipinski definition) is 0. The van der Waals surface area contributed by atoms with Crippen LogP contribution in [0.5, 0.6) is 11.5 Å². The Labute approximate surface area is 146 Å². The fraction of sp³-hybridized carbons (Fsp3) is 0.263. The van der Waals surface area contributed by atoms with E-state index in [0.29, 0.717) is 42.5 Å². The van der Waals surface area contributed by atoms with Crippen LogP contribution in [0.15, 0.2) is 47.5 Å². The molecule has 1 heterocycles. The molecule has 1 aliphatic rings. The SMILES string of the molecule is C=Nc1cc(OCc2ccccc2)c(OC)cc1C(=O)N1CCOC1. The van der Waals surface area contributed by atoms with Crippen molar-refractivity contribution in [2.45, 2.75) is 6.61 Å². The molecule has 0 aromatic heterocycles. The average Bonchev–Trinajstić information content (AvgIpc) is 3.20. The van der Waals surface area contributed by atoms with E-state index < -0.39 is 0 Å². The Morgan fingerprint density at radius 2 is 2.08 bits per heavy atom. The van der Waals surface area contributed by atoms with E-state index in [1.807, 2.05) is 30.3 Å². The number of rotatable bonds is 6. The fourth-order valence-electron chi connectivity index (χ4n) is 2.60. The van der Waals surface area contributed by atoms with Crippen LogP contribution in [0.4, 0.5) is 5.69 Å². The molecule has 25 heavy (non-hydrogen) atoms. The highest BCUT2D eigenvalue weighted by atomic mass is 16.5. The molecule has 2 aromatic rings. The number of benzene rings is 2. The molecular formula is C19H20N2O4. The molecule has 0 radical (unpaired) electrons. The summed E-state index contributed by atoms with van der Waals surface area (Å²) in [4.78, 5) is 18.2. The van der Waals surface area contributed by atoms with Crippen molar-refractivity contribution >= 4 is 18.3 Å². The molecule has 1 amide bonds. The maximum Gasteiger partial charge on any atom is 0.258 e. The van der Waals surface area contributed by atoms with Gasteiger partial charge in [0.05, 0.1) is 25.0 Å². The third-order valence-electron chi connectivity index (χ3n) is 3.96. The number of methoxy groups -OCH3 is 1. The molecule has 130 valence electrons. The first-order valence-corrected chi connectivity index (χ1v) is 7.95.